The number of ether oxygens (including phenoxy) is 1. The summed E-state index contributed by atoms with van der Waals surface area (Å²) in [6.07, 6.45) is -5.54. The van der Waals surface area contributed by atoms with Gasteiger partial charge in [0.15, 0.2) is 11.9 Å². The fourth-order valence-corrected chi connectivity index (χ4v) is 1.86. The molecule has 0 saturated heterocycles. The van der Waals surface area contributed by atoms with Crippen LogP contribution in [0, 0.1) is 0 Å². The molecular weight excluding hydrogens is 299 g/mol. The van der Waals surface area contributed by atoms with Gasteiger partial charge in [0.25, 0.3) is 5.91 Å². The maximum atomic E-state index is 12.4. The molecular formula is C15H18F3NO3. The molecule has 1 rings (SSSR count). The molecule has 1 unspecified atom stereocenters. The number of carbonyl (C=O) groups excluding carboxylic acids is 2. The number of alkyl halides is 3. The predicted octanol–water partition coefficient (Wildman–Crippen LogP) is 3.07. The molecule has 0 saturated carbocycles. The second-order valence-electron chi connectivity index (χ2n) is 4.81. The monoisotopic (exact) mass is 317 g/mol. The molecule has 1 aromatic rings. The molecule has 0 aromatic heterocycles. The Bertz CT molecular complexity index is 543. The van der Waals surface area contributed by atoms with Crippen LogP contribution in [-0.4, -0.2) is 42.0 Å². The van der Waals surface area contributed by atoms with E-state index in [9.17, 15) is 22.8 Å². The first-order valence-electron chi connectivity index (χ1n) is 6.77. The van der Waals surface area contributed by atoms with Gasteiger partial charge in [0.2, 0.25) is 0 Å². The van der Waals surface area contributed by atoms with Crippen molar-refractivity contribution in [2.24, 2.45) is 0 Å². The fraction of sp³-hybridized carbons (Fsp3) is 0.467. The Morgan fingerprint density at radius 2 is 1.95 bits per heavy atom. The summed E-state index contributed by atoms with van der Waals surface area (Å²) < 4.78 is 42.6. The average molecular weight is 317 g/mol. The van der Waals surface area contributed by atoms with Crippen LogP contribution in [0.3, 0.4) is 0 Å². The summed E-state index contributed by atoms with van der Waals surface area (Å²) >= 11 is 0. The summed E-state index contributed by atoms with van der Waals surface area (Å²) in [5.74, 6) is -0.665. The van der Waals surface area contributed by atoms with Crippen molar-refractivity contribution >= 4 is 11.7 Å². The number of Topliss-reactive ketones (excluding diaryl/α,β-unsaturated/α-hetero) is 1. The van der Waals surface area contributed by atoms with Crippen LogP contribution in [0.25, 0.3) is 0 Å². The smallest absolute Gasteiger partial charge is 0.406 e. The number of ketones is 1. The standard InChI is InChI=1S/C15H18F3NO3/c1-4-19(9-15(16,17)18)14(21)11(3)22-13-7-5-6-12(8-13)10(2)20/h5-8,11H,4,9H2,1-3H3. The number of likely N-dealkylation sites (N-methyl/N-ethyl adjacent to an activating group) is 1. The third kappa shape index (κ3) is 5.38. The normalized spacial score (nSPS) is 12.6. The van der Waals surface area contributed by atoms with Crippen molar-refractivity contribution in [3.05, 3.63) is 29.8 Å². The summed E-state index contributed by atoms with van der Waals surface area (Å²) in [4.78, 5) is 24.0. The van der Waals surface area contributed by atoms with Crippen LogP contribution in [0.1, 0.15) is 31.1 Å². The van der Waals surface area contributed by atoms with Gasteiger partial charge < -0.3 is 9.64 Å². The van der Waals surface area contributed by atoms with E-state index in [1.807, 2.05) is 0 Å². The molecule has 0 aliphatic carbocycles. The van der Waals surface area contributed by atoms with E-state index in [4.69, 9.17) is 4.74 Å². The number of rotatable bonds is 6. The lowest BCUT2D eigenvalue weighted by atomic mass is 10.1. The average Bonchev–Trinajstić information content (AvgIpc) is 2.43. The van der Waals surface area contributed by atoms with Crippen LogP contribution in [0.2, 0.25) is 0 Å². The summed E-state index contributed by atoms with van der Waals surface area (Å²) in [7, 11) is 0. The Morgan fingerprint density at radius 3 is 2.45 bits per heavy atom. The highest BCUT2D eigenvalue weighted by Crippen LogP contribution is 2.19. The molecule has 7 heteroatoms. The predicted molar refractivity (Wildman–Crippen MR) is 74.8 cm³/mol. The van der Waals surface area contributed by atoms with Crippen LogP contribution in [0.5, 0.6) is 5.75 Å². The van der Waals surface area contributed by atoms with Gasteiger partial charge in [-0.15, -0.1) is 0 Å². The highest BCUT2D eigenvalue weighted by molar-refractivity contribution is 5.94. The van der Waals surface area contributed by atoms with Gasteiger partial charge in [-0.25, -0.2) is 0 Å². The third-order valence-electron chi connectivity index (χ3n) is 2.96. The molecule has 22 heavy (non-hydrogen) atoms. The van der Waals surface area contributed by atoms with Gasteiger partial charge in [0, 0.05) is 12.1 Å². The first kappa shape index (κ1) is 18.0. The Kier molecular flexibility index (Phi) is 5.96. The quantitative estimate of drug-likeness (QED) is 0.758. The summed E-state index contributed by atoms with van der Waals surface area (Å²) in [5.41, 5.74) is 0.403. The van der Waals surface area contributed by atoms with Crippen molar-refractivity contribution in [2.45, 2.75) is 33.1 Å². The molecule has 122 valence electrons. The molecule has 0 fully saturated rings. The van der Waals surface area contributed by atoms with Crippen molar-refractivity contribution in [2.75, 3.05) is 13.1 Å². The van der Waals surface area contributed by atoms with Gasteiger partial charge in [-0.05, 0) is 32.9 Å². The van der Waals surface area contributed by atoms with Gasteiger partial charge in [-0.1, -0.05) is 12.1 Å². The molecule has 0 aliphatic rings. The molecule has 0 N–H and O–H groups in total. The minimum Gasteiger partial charge on any atom is -0.481 e. The van der Waals surface area contributed by atoms with E-state index < -0.39 is 24.7 Å². The van der Waals surface area contributed by atoms with Crippen molar-refractivity contribution in [3.63, 3.8) is 0 Å². The van der Waals surface area contributed by atoms with Crippen molar-refractivity contribution in [3.8, 4) is 5.75 Å². The molecule has 0 spiro atoms. The number of benzene rings is 1. The van der Waals surface area contributed by atoms with Gasteiger partial charge >= 0.3 is 6.18 Å². The zero-order valence-electron chi connectivity index (χ0n) is 12.6. The van der Waals surface area contributed by atoms with E-state index in [0.29, 0.717) is 10.5 Å². The van der Waals surface area contributed by atoms with Gasteiger partial charge in [0.05, 0.1) is 0 Å². The van der Waals surface area contributed by atoms with Gasteiger partial charge in [-0.3, -0.25) is 9.59 Å². The van der Waals surface area contributed by atoms with E-state index in [2.05, 4.69) is 0 Å². The SMILES string of the molecule is CCN(CC(F)(F)F)C(=O)C(C)Oc1cccc(C(C)=O)c1. The lowest BCUT2D eigenvalue weighted by Gasteiger charge is -2.25. The van der Waals surface area contributed by atoms with Crippen molar-refractivity contribution in [1.82, 2.24) is 4.90 Å². The largest absolute Gasteiger partial charge is 0.481 e. The van der Waals surface area contributed by atoms with E-state index in [0.717, 1.165) is 0 Å². The fourth-order valence-electron chi connectivity index (χ4n) is 1.86. The van der Waals surface area contributed by atoms with Gasteiger partial charge in [0.1, 0.15) is 12.3 Å². The Morgan fingerprint density at radius 1 is 1.32 bits per heavy atom. The molecule has 0 bridgehead atoms. The second kappa shape index (κ2) is 7.29. The molecule has 1 amide bonds. The van der Waals surface area contributed by atoms with Crippen molar-refractivity contribution < 1.29 is 27.5 Å². The van der Waals surface area contributed by atoms with E-state index in [1.54, 1.807) is 12.1 Å². The van der Waals surface area contributed by atoms with E-state index in [1.165, 1.54) is 32.9 Å². The number of amides is 1. The molecule has 0 radical (unpaired) electrons. The minimum atomic E-state index is -4.46. The van der Waals surface area contributed by atoms with E-state index >= 15 is 0 Å². The van der Waals surface area contributed by atoms with Crippen LogP contribution < -0.4 is 4.74 Å². The second-order valence-corrected chi connectivity index (χ2v) is 4.81. The molecule has 1 atom stereocenters. The minimum absolute atomic E-state index is 0.0699. The topological polar surface area (TPSA) is 46.6 Å². The number of halogens is 3. The number of hydrogen-bond donors (Lipinski definition) is 0. The van der Waals surface area contributed by atoms with Crippen LogP contribution >= 0.6 is 0 Å². The lowest BCUT2D eigenvalue weighted by molar-refractivity contribution is -0.164. The van der Waals surface area contributed by atoms with Crippen molar-refractivity contribution in [1.29, 1.82) is 0 Å². The first-order valence-corrected chi connectivity index (χ1v) is 6.77. The first-order chi connectivity index (χ1) is 10.1. The van der Waals surface area contributed by atoms with Crippen LogP contribution in [0.4, 0.5) is 13.2 Å². The number of nitrogens with zero attached hydrogens (tertiary/aromatic N) is 1. The third-order valence-corrected chi connectivity index (χ3v) is 2.96. The molecule has 0 heterocycles. The zero-order valence-corrected chi connectivity index (χ0v) is 12.6. The van der Waals surface area contributed by atoms with Crippen LogP contribution in [0.15, 0.2) is 24.3 Å². The maximum absolute atomic E-state index is 12.4. The van der Waals surface area contributed by atoms with E-state index in [-0.39, 0.29) is 18.1 Å². The van der Waals surface area contributed by atoms with Crippen LogP contribution in [-0.2, 0) is 4.79 Å². The molecule has 4 nitrogen and oxygen atoms in total. The van der Waals surface area contributed by atoms with Gasteiger partial charge in [-0.2, -0.15) is 13.2 Å². The highest BCUT2D eigenvalue weighted by Gasteiger charge is 2.34. The maximum Gasteiger partial charge on any atom is 0.406 e. The molecule has 0 aliphatic heterocycles. The summed E-state index contributed by atoms with van der Waals surface area (Å²) in [6.45, 7) is 2.84. The lowest BCUT2D eigenvalue weighted by Crippen LogP contribution is -2.44. The Hall–Kier alpha value is -2.05. The number of carbonyl (C=O) groups is 2. The molecule has 1 aromatic carbocycles. The Balaban J connectivity index is 2.78. The number of hydrogen-bond acceptors (Lipinski definition) is 3. The summed E-state index contributed by atoms with van der Waals surface area (Å²) in [5, 5.41) is 0. The Labute approximate surface area is 126 Å². The highest BCUT2D eigenvalue weighted by atomic mass is 19.4. The summed E-state index contributed by atoms with van der Waals surface area (Å²) in [6, 6.07) is 6.16. The zero-order chi connectivity index (χ0) is 16.9.